The molecule has 0 aliphatic heterocycles. The second kappa shape index (κ2) is 3.70. The summed E-state index contributed by atoms with van der Waals surface area (Å²) in [6.07, 6.45) is 0. The van der Waals surface area contributed by atoms with Gasteiger partial charge in [0.25, 0.3) is 0 Å². The van der Waals surface area contributed by atoms with E-state index in [2.05, 4.69) is 0 Å². The van der Waals surface area contributed by atoms with Crippen molar-refractivity contribution in [3.05, 3.63) is 52.6 Å². The number of benzene rings is 1. The Morgan fingerprint density at radius 1 is 1.07 bits per heavy atom. The van der Waals surface area contributed by atoms with Gasteiger partial charge in [0.2, 0.25) is 0 Å². The van der Waals surface area contributed by atoms with Crippen molar-refractivity contribution >= 4 is 11.6 Å². The largest absolute Gasteiger partial charge is 0.318 e. The zero-order chi connectivity index (χ0) is 11.0. The van der Waals surface area contributed by atoms with E-state index in [9.17, 15) is 4.39 Å². The van der Waals surface area contributed by atoms with Crippen molar-refractivity contribution in [1.82, 2.24) is 4.57 Å². The van der Waals surface area contributed by atoms with E-state index in [1.807, 2.05) is 30.5 Å². The third-order valence-electron chi connectivity index (χ3n) is 2.43. The van der Waals surface area contributed by atoms with E-state index in [1.165, 1.54) is 6.07 Å². The first kappa shape index (κ1) is 10.2. The number of halogens is 2. The number of hydrogen-bond acceptors (Lipinski definition) is 0. The molecule has 1 aromatic carbocycles. The van der Waals surface area contributed by atoms with Crippen LogP contribution < -0.4 is 0 Å². The predicted molar refractivity (Wildman–Crippen MR) is 60.2 cm³/mol. The van der Waals surface area contributed by atoms with Crippen LogP contribution in [0.2, 0.25) is 5.02 Å². The first-order valence-corrected chi connectivity index (χ1v) is 5.08. The van der Waals surface area contributed by atoms with Gasteiger partial charge in [0.05, 0.1) is 5.02 Å². The molecule has 2 rings (SSSR count). The lowest BCUT2D eigenvalue weighted by Gasteiger charge is -2.09. The second-order valence-electron chi connectivity index (χ2n) is 3.55. The Morgan fingerprint density at radius 3 is 2.20 bits per heavy atom. The summed E-state index contributed by atoms with van der Waals surface area (Å²) in [6, 6.07) is 8.79. The molecule has 0 aliphatic carbocycles. The monoisotopic (exact) mass is 223 g/mol. The molecule has 0 N–H and O–H groups in total. The van der Waals surface area contributed by atoms with Gasteiger partial charge in [-0.25, -0.2) is 4.39 Å². The molecular formula is C12H11ClFN. The van der Waals surface area contributed by atoms with Crippen LogP contribution in [0.4, 0.5) is 4.39 Å². The third kappa shape index (κ3) is 1.77. The molecule has 1 nitrogen and oxygen atoms in total. The average Bonchev–Trinajstić information content (AvgIpc) is 2.52. The van der Waals surface area contributed by atoms with Gasteiger partial charge >= 0.3 is 0 Å². The fourth-order valence-electron chi connectivity index (χ4n) is 1.70. The molecule has 0 bridgehead atoms. The summed E-state index contributed by atoms with van der Waals surface area (Å²) in [4.78, 5) is 0. The molecular weight excluding hydrogens is 213 g/mol. The molecule has 0 atom stereocenters. The fraction of sp³-hybridized carbons (Fsp3) is 0.167. The number of rotatable bonds is 1. The Hall–Kier alpha value is -1.28. The highest BCUT2D eigenvalue weighted by atomic mass is 35.5. The van der Waals surface area contributed by atoms with Crippen molar-refractivity contribution in [2.45, 2.75) is 13.8 Å². The van der Waals surface area contributed by atoms with Crippen molar-refractivity contribution in [2.75, 3.05) is 0 Å². The normalized spacial score (nSPS) is 10.7. The summed E-state index contributed by atoms with van der Waals surface area (Å²) in [5.41, 5.74) is 3.10. The summed E-state index contributed by atoms with van der Waals surface area (Å²) < 4.78 is 15.0. The zero-order valence-corrected chi connectivity index (χ0v) is 9.35. The molecule has 3 heteroatoms. The highest BCUT2D eigenvalue weighted by molar-refractivity contribution is 6.30. The zero-order valence-electron chi connectivity index (χ0n) is 8.59. The molecule has 1 heterocycles. The van der Waals surface area contributed by atoms with Crippen LogP contribution in [0, 0.1) is 19.7 Å². The maximum atomic E-state index is 13.0. The van der Waals surface area contributed by atoms with Crippen molar-refractivity contribution in [1.29, 1.82) is 0 Å². The molecule has 15 heavy (non-hydrogen) atoms. The standard InChI is InChI=1S/C12H11ClFN/c1-8-3-4-9(2)15(8)10-5-6-12(14)11(13)7-10/h3-7H,1-2H3. The van der Waals surface area contributed by atoms with Gasteiger partial charge in [0.15, 0.2) is 0 Å². The van der Waals surface area contributed by atoms with E-state index in [0.717, 1.165) is 17.1 Å². The molecule has 0 fully saturated rings. The Balaban J connectivity index is 2.59. The quantitative estimate of drug-likeness (QED) is 0.691. The molecule has 0 saturated heterocycles. The second-order valence-corrected chi connectivity index (χ2v) is 3.96. The smallest absolute Gasteiger partial charge is 0.141 e. The Labute approximate surface area is 93.1 Å². The molecule has 0 amide bonds. The number of aromatic nitrogens is 1. The Kier molecular flexibility index (Phi) is 2.53. The van der Waals surface area contributed by atoms with E-state index in [4.69, 9.17) is 11.6 Å². The van der Waals surface area contributed by atoms with Gasteiger partial charge in [0.1, 0.15) is 5.82 Å². The van der Waals surface area contributed by atoms with Crippen molar-refractivity contribution < 1.29 is 4.39 Å². The van der Waals surface area contributed by atoms with Crippen LogP contribution in [0.1, 0.15) is 11.4 Å². The highest BCUT2D eigenvalue weighted by Crippen LogP contribution is 2.21. The molecule has 1 aromatic heterocycles. The number of nitrogens with zero attached hydrogens (tertiary/aromatic N) is 1. The maximum absolute atomic E-state index is 13.0. The predicted octanol–water partition coefficient (Wildman–Crippen LogP) is 3.89. The van der Waals surface area contributed by atoms with Crippen LogP contribution >= 0.6 is 11.6 Å². The lowest BCUT2D eigenvalue weighted by atomic mass is 10.3. The first-order chi connectivity index (χ1) is 7.09. The van der Waals surface area contributed by atoms with Crippen LogP contribution in [0.15, 0.2) is 30.3 Å². The van der Waals surface area contributed by atoms with Gasteiger partial charge < -0.3 is 4.57 Å². The third-order valence-corrected chi connectivity index (χ3v) is 2.72. The molecule has 0 spiro atoms. The lowest BCUT2D eigenvalue weighted by molar-refractivity contribution is 0.627. The fourth-order valence-corrected chi connectivity index (χ4v) is 1.87. The molecule has 0 saturated carbocycles. The van der Waals surface area contributed by atoms with Gasteiger partial charge in [-0.3, -0.25) is 0 Å². The minimum Gasteiger partial charge on any atom is -0.318 e. The highest BCUT2D eigenvalue weighted by Gasteiger charge is 2.06. The molecule has 0 radical (unpaired) electrons. The van der Waals surface area contributed by atoms with Crippen molar-refractivity contribution in [2.24, 2.45) is 0 Å². The Morgan fingerprint density at radius 2 is 1.67 bits per heavy atom. The molecule has 78 valence electrons. The maximum Gasteiger partial charge on any atom is 0.141 e. The van der Waals surface area contributed by atoms with Gasteiger partial charge in [-0.15, -0.1) is 0 Å². The summed E-state index contributed by atoms with van der Waals surface area (Å²) in [6.45, 7) is 4.01. The Bertz CT molecular complexity index is 483. The topological polar surface area (TPSA) is 4.93 Å². The summed E-state index contributed by atoms with van der Waals surface area (Å²) in [7, 11) is 0. The average molecular weight is 224 g/mol. The number of hydrogen-bond donors (Lipinski definition) is 0. The van der Waals surface area contributed by atoms with Crippen LogP contribution in [0.25, 0.3) is 5.69 Å². The molecule has 2 aromatic rings. The van der Waals surface area contributed by atoms with Gasteiger partial charge in [-0.1, -0.05) is 11.6 Å². The van der Waals surface area contributed by atoms with E-state index in [0.29, 0.717) is 0 Å². The minimum absolute atomic E-state index is 0.153. The lowest BCUT2D eigenvalue weighted by Crippen LogP contribution is -1.98. The SMILES string of the molecule is Cc1ccc(C)n1-c1ccc(F)c(Cl)c1. The summed E-state index contributed by atoms with van der Waals surface area (Å²) in [5.74, 6) is -0.386. The number of aryl methyl sites for hydroxylation is 2. The minimum atomic E-state index is -0.386. The van der Waals surface area contributed by atoms with E-state index in [-0.39, 0.29) is 10.8 Å². The first-order valence-electron chi connectivity index (χ1n) is 4.70. The van der Waals surface area contributed by atoms with E-state index < -0.39 is 0 Å². The van der Waals surface area contributed by atoms with Crippen LogP contribution in [0.3, 0.4) is 0 Å². The van der Waals surface area contributed by atoms with E-state index >= 15 is 0 Å². The summed E-state index contributed by atoms with van der Waals surface area (Å²) >= 11 is 5.75. The van der Waals surface area contributed by atoms with Gasteiger partial charge in [-0.2, -0.15) is 0 Å². The van der Waals surface area contributed by atoms with Gasteiger partial charge in [-0.05, 0) is 44.2 Å². The van der Waals surface area contributed by atoms with Crippen LogP contribution in [0.5, 0.6) is 0 Å². The molecule has 0 aliphatic rings. The van der Waals surface area contributed by atoms with Crippen molar-refractivity contribution in [3.8, 4) is 5.69 Å². The van der Waals surface area contributed by atoms with Crippen molar-refractivity contribution in [3.63, 3.8) is 0 Å². The summed E-state index contributed by atoms with van der Waals surface area (Å²) in [5, 5.41) is 0.153. The molecule has 0 unspecified atom stereocenters. The van der Waals surface area contributed by atoms with Crippen LogP contribution in [-0.2, 0) is 0 Å². The van der Waals surface area contributed by atoms with E-state index in [1.54, 1.807) is 12.1 Å². The van der Waals surface area contributed by atoms with Crippen LogP contribution in [-0.4, -0.2) is 4.57 Å². The van der Waals surface area contributed by atoms with Gasteiger partial charge in [0, 0.05) is 17.1 Å².